The third kappa shape index (κ3) is 7.08. The second kappa shape index (κ2) is 12.6. The summed E-state index contributed by atoms with van der Waals surface area (Å²) in [6.07, 6.45) is 1.98. The van der Waals surface area contributed by atoms with E-state index in [9.17, 15) is 4.79 Å². The molecule has 2 N–H and O–H groups in total. The number of halogens is 1. The number of hydrogen-bond acceptors (Lipinski definition) is 6. The largest absolute Gasteiger partial charge is 0.493 e. The average Bonchev–Trinajstić information content (AvgIpc) is 2.69. The van der Waals surface area contributed by atoms with Crippen molar-refractivity contribution in [2.45, 2.75) is 19.3 Å². The van der Waals surface area contributed by atoms with Crippen molar-refractivity contribution in [2.75, 3.05) is 60.6 Å². The Labute approximate surface area is 168 Å². The monoisotopic (exact) mass is 401 g/mol. The fourth-order valence-electron chi connectivity index (χ4n) is 3.16. The fraction of sp³-hybridized carbons (Fsp3) is 0.632. The number of carbonyl (C=O) groups is 1. The van der Waals surface area contributed by atoms with Gasteiger partial charge in [0.15, 0.2) is 11.5 Å². The minimum atomic E-state index is 0. The van der Waals surface area contributed by atoms with Crippen molar-refractivity contribution < 1.29 is 19.0 Å². The summed E-state index contributed by atoms with van der Waals surface area (Å²) in [5, 5.41) is 6.34. The molecule has 8 heteroatoms. The summed E-state index contributed by atoms with van der Waals surface area (Å²) < 4.78 is 16.1. The molecule has 1 aromatic rings. The number of hydrogen-bond donors (Lipinski definition) is 2. The molecule has 7 nitrogen and oxygen atoms in total. The predicted molar refractivity (Wildman–Crippen MR) is 109 cm³/mol. The van der Waals surface area contributed by atoms with Gasteiger partial charge in [0.1, 0.15) is 0 Å². The highest BCUT2D eigenvalue weighted by Crippen LogP contribution is 2.40. The van der Waals surface area contributed by atoms with Crippen LogP contribution in [-0.4, -0.2) is 71.4 Å². The topological polar surface area (TPSA) is 72.1 Å². The first kappa shape index (κ1) is 23.3. The molecule has 0 spiro atoms. The first-order chi connectivity index (χ1) is 12.7. The standard InChI is InChI=1S/C19H31N3O4.ClH/c1-24-16-7-5-15(18(25-2)19(16)26-3)6-8-17(23)21-9-4-12-22-13-10-20-11-14-22;/h5,7,20H,4,6,8-14H2,1-3H3,(H,21,23);1H. The molecule has 1 saturated heterocycles. The van der Waals surface area contributed by atoms with Crippen LogP contribution in [0.4, 0.5) is 0 Å². The number of nitrogens with zero attached hydrogens (tertiary/aromatic N) is 1. The van der Waals surface area contributed by atoms with Crippen LogP contribution in [0, 0.1) is 0 Å². The molecule has 0 aromatic heterocycles. The highest BCUT2D eigenvalue weighted by atomic mass is 35.5. The average molecular weight is 402 g/mol. The highest BCUT2D eigenvalue weighted by molar-refractivity contribution is 5.85. The van der Waals surface area contributed by atoms with Crippen molar-refractivity contribution in [3.05, 3.63) is 17.7 Å². The molecular formula is C19H32ClN3O4. The summed E-state index contributed by atoms with van der Waals surface area (Å²) >= 11 is 0. The van der Waals surface area contributed by atoms with E-state index in [1.807, 2.05) is 12.1 Å². The molecular weight excluding hydrogens is 370 g/mol. The van der Waals surface area contributed by atoms with Crippen molar-refractivity contribution in [3.8, 4) is 17.2 Å². The van der Waals surface area contributed by atoms with Gasteiger partial charge in [0.05, 0.1) is 21.3 Å². The lowest BCUT2D eigenvalue weighted by Gasteiger charge is -2.27. The Morgan fingerprint density at radius 1 is 1.11 bits per heavy atom. The van der Waals surface area contributed by atoms with E-state index >= 15 is 0 Å². The van der Waals surface area contributed by atoms with Gasteiger partial charge in [-0.1, -0.05) is 6.07 Å². The minimum absolute atomic E-state index is 0. The molecule has 0 bridgehead atoms. The van der Waals surface area contributed by atoms with Crippen LogP contribution in [0.15, 0.2) is 12.1 Å². The lowest BCUT2D eigenvalue weighted by atomic mass is 10.1. The number of aryl methyl sites for hydroxylation is 1. The molecule has 2 rings (SSSR count). The van der Waals surface area contributed by atoms with Crippen LogP contribution in [0.3, 0.4) is 0 Å². The first-order valence-corrected chi connectivity index (χ1v) is 9.17. The Balaban J connectivity index is 0.00000364. The Morgan fingerprint density at radius 2 is 1.81 bits per heavy atom. The summed E-state index contributed by atoms with van der Waals surface area (Å²) in [6, 6.07) is 3.75. The normalized spacial score (nSPS) is 14.2. The molecule has 0 radical (unpaired) electrons. The SMILES string of the molecule is COc1ccc(CCC(=O)NCCCN2CCNCC2)c(OC)c1OC.Cl. The van der Waals surface area contributed by atoms with E-state index < -0.39 is 0 Å². The quantitative estimate of drug-likeness (QED) is 0.578. The number of methoxy groups -OCH3 is 3. The Bertz CT molecular complexity index is 580. The molecule has 0 aliphatic carbocycles. The highest BCUT2D eigenvalue weighted by Gasteiger charge is 2.16. The van der Waals surface area contributed by atoms with Crippen LogP contribution in [0.2, 0.25) is 0 Å². The van der Waals surface area contributed by atoms with Crippen molar-refractivity contribution in [2.24, 2.45) is 0 Å². The molecule has 1 amide bonds. The van der Waals surface area contributed by atoms with Gasteiger partial charge in [0.25, 0.3) is 0 Å². The fourth-order valence-corrected chi connectivity index (χ4v) is 3.16. The van der Waals surface area contributed by atoms with Crippen molar-refractivity contribution in [1.82, 2.24) is 15.5 Å². The molecule has 1 aliphatic heterocycles. The molecule has 0 atom stereocenters. The van der Waals surface area contributed by atoms with Gasteiger partial charge in [-0.3, -0.25) is 4.79 Å². The van der Waals surface area contributed by atoms with E-state index in [1.54, 1.807) is 21.3 Å². The third-order valence-electron chi connectivity index (χ3n) is 4.59. The summed E-state index contributed by atoms with van der Waals surface area (Å²) in [5.41, 5.74) is 0.932. The van der Waals surface area contributed by atoms with Crippen LogP contribution in [0.5, 0.6) is 17.2 Å². The second-order valence-corrected chi connectivity index (χ2v) is 6.29. The molecule has 0 saturated carbocycles. The lowest BCUT2D eigenvalue weighted by molar-refractivity contribution is -0.121. The number of nitrogens with one attached hydrogen (secondary N) is 2. The van der Waals surface area contributed by atoms with Crippen molar-refractivity contribution in [1.29, 1.82) is 0 Å². The van der Waals surface area contributed by atoms with Crippen LogP contribution >= 0.6 is 12.4 Å². The van der Waals surface area contributed by atoms with E-state index in [4.69, 9.17) is 14.2 Å². The van der Waals surface area contributed by atoms with Crippen LogP contribution in [0.25, 0.3) is 0 Å². The van der Waals surface area contributed by atoms with E-state index in [2.05, 4.69) is 15.5 Å². The lowest BCUT2D eigenvalue weighted by Crippen LogP contribution is -2.44. The molecule has 154 valence electrons. The minimum Gasteiger partial charge on any atom is -0.493 e. The second-order valence-electron chi connectivity index (χ2n) is 6.29. The Hall–Kier alpha value is -1.70. The number of rotatable bonds is 10. The summed E-state index contributed by atoms with van der Waals surface area (Å²) in [7, 11) is 4.76. The molecule has 27 heavy (non-hydrogen) atoms. The molecule has 1 fully saturated rings. The predicted octanol–water partition coefficient (Wildman–Crippen LogP) is 1.48. The zero-order chi connectivity index (χ0) is 18.8. The number of piperazine rings is 1. The van der Waals surface area contributed by atoms with Gasteiger partial charge in [-0.25, -0.2) is 0 Å². The summed E-state index contributed by atoms with van der Waals surface area (Å²) in [6.45, 7) is 6.04. The summed E-state index contributed by atoms with van der Waals surface area (Å²) in [5.74, 6) is 1.86. The maximum Gasteiger partial charge on any atom is 0.220 e. The van der Waals surface area contributed by atoms with Gasteiger partial charge in [0.2, 0.25) is 11.7 Å². The van der Waals surface area contributed by atoms with Gasteiger partial charge >= 0.3 is 0 Å². The van der Waals surface area contributed by atoms with Crippen LogP contribution in [-0.2, 0) is 11.2 Å². The third-order valence-corrected chi connectivity index (χ3v) is 4.59. The smallest absolute Gasteiger partial charge is 0.220 e. The van der Waals surface area contributed by atoms with Gasteiger partial charge < -0.3 is 29.7 Å². The zero-order valence-electron chi connectivity index (χ0n) is 16.5. The van der Waals surface area contributed by atoms with E-state index in [0.29, 0.717) is 36.6 Å². The van der Waals surface area contributed by atoms with Crippen molar-refractivity contribution in [3.63, 3.8) is 0 Å². The molecule has 0 unspecified atom stereocenters. The van der Waals surface area contributed by atoms with E-state index in [0.717, 1.165) is 44.7 Å². The van der Waals surface area contributed by atoms with Gasteiger partial charge in [-0.05, 0) is 31.0 Å². The molecule has 1 aromatic carbocycles. The summed E-state index contributed by atoms with van der Waals surface area (Å²) in [4.78, 5) is 14.5. The molecule has 1 aliphatic rings. The van der Waals surface area contributed by atoms with Gasteiger partial charge in [0, 0.05) is 39.1 Å². The van der Waals surface area contributed by atoms with E-state index in [-0.39, 0.29) is 18.3 Å². The van der Waals surface area contributed by atoms with Crippen LogP contribution < -0.4 is 24.8 Å². The zero-order valence-corrected chi connectivity index (χ0v) is 17.3. The number of amides is 1. The van der Waals surface area contributed by atoms with E-state index in [1.165, 1.54) is 0 Å². The molecule has 1 heterocycles. The number of carbonyl (C=O) groups excluding carboxylic acids is 1. The van der Waals surface area contributed by atoms with Crippen LogP contribution in [0.1, 0.15) is 18.4 Å². The Morgan fingerprint density at radius 3 is 2.44 bits per heavy atom. The number of benzene rings is 1. The first-order valence-electron chi connectivity index (χ1n) is 9.17. The maximum atomic E-state index is 12.1. The Kier molecular flexibility index (Phi) is 10.9. The van der Waals surface area contributed by atoms with Gasteiger partial charge in [-0.15, -0.1) is 12.4 Å². The maximum absolute atomic E-state index is 12.1. The number of ether oxygens (including phenoxy) is 3. The van der Waals surface area contributed by atoms with Gasteiger partial charge in [-0.2, -0.15) is 0 Å². The van der Waals surface area contributed by atoms with Crippen molar-refractivity contribution >= 4 is 18.3 Å².